The Hall–Kier alpha value is -2.35. The summed E-state index contributed by atoms with van der Waals surface area (Å²) in [7, 11) is 0. The van der Waals surface area contributed by atoms with E-state index >= 15 is 0 Å². The van der Waals surface area contributed by atoms with Gasteiger partial charge >= 0.3 is 5.97 Å². The number of aromatic nitrogens is 3. The van der Waals surface area contributed by atoms with Crippen LogP contribution < -0.4 is 5.32 Å². The van der Waals surface area contributed by atoms with Crippen molar-refractivity contribution in [1.29, 1.82) is 0 Å². The molecule has 2 aromatic heterocycles. The van der Waals surface area contributed by atoms with E-state index in [1.807, 2.05) is 20.8 Å². The third kappa shape index (κ3) is 3.40. The molecule has 0 aliphatic heterocycles. The highest BCUT2D eigenvalue weighted by Crippen LogP contribution is 2.26. The molecule has 0 radical (unpaired) electrons. The number of carbonyl (C=O) groups excluding carboxylic acids is 1. The summed E-state index contributed by atoms with van der Waals surface area (Å²) in [4.78, 5) is 27.3. The Balaban J connectivity index is 2.25. The zero-order valence-electron chi connectivity index (χ0n) is 11.7. The largest absolute Gasteiger partial charge is 0.478 e. The summed E-state index contributed by atoms with van der Waals surface area (Å²) in [5, 5.41) is 15.5. The van der Waals surface area contributed by atoms with Crippen molar-refractivity contribution in [2.45, 2.75) is 26.2 Å². The second kappa shape index (κ2) is 5.57. The van der Waals surface area contributed by atoms with Crippen LogP contribution in [0.5, 0.6) is 0 Å². The minimum atomic E-state index is -1.10. The van der Waals surface area contributed by atoms with Crippen LogP contribution in [0.15, 0.2) is 18.5 Å². The van der Waals surface area contributed by atoms with Crippen LogP contribution in [0.2, 0.25) is 0 Å². The van der Waals surface area contributed by atoms with Crippen LogP contribution in [-0.2, 0) is 5.41 Å². The third-order valence-electron chi connectivity index (χ3n) is 2.65. The molecule has 0 spiro atoms. The molecule has 0 saturated carbocycles. The first-order valence-electron chi connectivity index (χ1n) is 6.11. The van der Waals surface area contributed by atoms with Crippen molar-refractivity contribution in [2.24, 2.45) is 0 Å². The molecule has 0 aliphatic rings. The van der Waals surface area contributed by atoms with E-state index in [1.54, 1.807) is 0 Å². The van der Waals surface area contributed by atoms with Crippen molar-refractivity contribution in [2.75, 3.05) is 5.32 Å². The number of carboxylic acids is 1. The Labute approximate surface area is 125 Å². The molecule has 2 N–H and O–H groups in total. The summed E-state index contributed by atoms with van der Waals surface area (Å²) in [6.45, 7) is 5.81. The minimum absolute atomic E-state index is 0.00581. The number of hydrogen-bond donors (Lipinski definition) is 2. The van der Waals surface area contributed by atoms with Gasteiger partial charge in [-0.2, -0.15) is 0 Å². The molecule has 0 bridgehead atoms. The average molecular weight is 306 g/mol. The molecule has 0 fully saturated rings. The maximum absolute atomic E-state index is 12.3. The van der Waals surface area contributed by atoms with Gasteiger partial charge < -0.3 is 10.4 Å². The van der Waals surface area contributed by atoms with E-state index in [1.165, 1.54) is 18.5 Å². The zero-order valence-corrected chi connectivity index (χ0v) is 12.6. The van der Waals surface area contributed by atoms with E-state index in [-0.39, 0.29) is 16.9 Å². The highest BCUT2D eigenvalue weighted by Gasteiger charge is 2.26. The Bertz CT molecular complexity index is 691. The van der Waals surface area contributed by atoms with Crippen LogP contribution in [0.3, 0.4) is 0 Å². The fourth-order valence-electron chi connectivity index (χ4n) is 1.64. The Kier molecular flexibility index (Phi) is 3.99. The quantitative estimate of drug-likeness (QED) is 0.900. The Morgan fingerprint density at radius 3 is 2.62 bits per heavy atom. The van der Waals surface area contributed by atoms with Crippen LogP contribution in [0.4, 0.5) is 5.69 Å². The molecule has 7 nitrogen and oxygen atoms in total. The average Bonchev–Trinajstić information content (AvgIpc) is 2.88. The van der Waals surface area contributed by atoms with Crippen molar-refractivity contribution >= 4 is 29.1 Å². The van der Waals surface area contributed by atoms with Crippen molar-refractivity contribution < 1.29 is 14.7 Å². The fourth-order valence-corrected chi connectivity index (χ4v) is 2.41. The van der Waals surface area contributed by atoms with E-state index in [9.17, 15) is 9.59 Å². The number of amides is 1. The van der Waals surface area contributed by atoms with Crippen LogP contribution >= 0.6 is 11.5 Å². The predicted octanol–water partition coefficient (Wildman–Crippen LogP) is 2.18. The molecule has 0 aromatic carbocycles. The third-order valence-corrected chi connectivity index (χ3v) is 3.37. The number of carboxylic acid groups (broad SMARTS) is 1. The molecular formula is C13H14N4O3S. The molecule has 1 amide bonds. The normalized spacial score (nSPS) is 11.2. The SMILES string of the molecule is CC(C)(C)c1nnsc1C(=O)Nc1cncc(C(=O)O)c1. The van der Waals surface area contributed by atoms with Gasteiger partial charge in [0.25, 0.3) is 5.91 Å². The van der Waals surface area contributed by atoms with Gasteiger partial charge in [-0.15, -0.1) is 5.10 Å². The summed E-state index contributed by atoms with van der Waals surface area (Å²) >= 11 is 1.00. The highest BCUT2D eigenvalue weighted by atomic mass is 32.1. The van der Waals surface area contributed by atoms with Gasteiger partial charge in [-0.05, 0) is 17.6 Å². The van der Waals surface area contributed by atoms with E-state index < -0.39 is 5.97 Å². The van der Waals surface area contributed by atoms with Crippen LogP contribution in [0.1, 0.15) is 46.5 Å². The fraction of sp³-hybridized carbons (Fsp3) is 0.308. The number of aromatic carboxylic acids is 1. The van der Waals surface area contributed by atoms with E-state index in [2.05, 4.69) is 19.9 Å². The maximum atomic E-state index is 12.3. The first kappa shape index (κ1) is 15.0. The highest BCUT2D eigenvalue weighted by molar-refractivity contribution is 7.08. The second-order valence-corrected chi connectivity index (χ2v) is 6.18. The molecular weight excluding hydrogens is 292 g/mol. The predicted molar refractivity (Wildman–Crippen MR) is 77.8 cm³/mol. The maximum Gasteiger partial charge on any atom is 0.337 e. The van der Waals surface area contributed by atoms with E-state index in [0.717, 1.165) is 11.5 Å². The molecule has 2 heterocycles. The van der Waals surface area contributed by atoms with Gasteiger partial charge in [0.2, 0.25) is 0 Å². The number of carbonyl (C=O) groups is 2. The molecule has 2 aromatic rings. The zero-order chi connectivity index (χ0) is 15.6. The van der Waals surface area contributed by atoms with Crippen LogP contribution in [0.25, 0.3) is 0 Å². The first-order chi connectivity index (χ1) is 9.79. The minimum Gasteiger partial charge on any atom is -0.478 e. The van der Waals surface area contributed by atoms with Gasteiger partial charge in [0, 0.05) is 11.6 Å². The number of nitrogens with one attached hydrogen (secondary N) is 1. The summed E-state index contributed by atoms with van der Waals surface area (Å²) in [6, 6.07) is 1.35. The lowest BCUT2D eigenvalue weighted by molar-refractivity contribution is 0.0696. The lowest BCUT2D eigenvalue weighted by Gasteiger charge is -2.16. The number of nitrogens with zero attached hydrogens (tertiary/aromatic N) is 3. The standard InChI is InChI=1S/C13H14N4O3S/c1-13(2,3)10-9(21-17-16-10)11(18)15-8-4-7(12(19)20)5-14-6-8/h4-6H,1-3H3,(H,15,18)(H,19,20). The number of anilines is 1. The molecule has 0 unspecified atom stereocenters. The van der Waals surface area contributed by atoms with Gasteiger partial charge in [-0.25, -0.2) is 4.79 Å². The van der Waals surface area contributed by atoms with Crippen LogP contribution in [0, 0.1) is 0 Å². The van der Waals surface area contributed by atoms with Crippen molar-refractivity contribution in [3.63, 3.8) is 0 Å². The molecule has 110 valence electrons. The van der Waals surface area contributed by atoms with Crippen molar-refractivity contribution in [3.8, 4) is 0 Å². The smallest absolute Gasteiger partial charge is 0.337 e. The first-order valence-corrected chi connectivity index (χ1v) is 6.89. The molecule has 21 heavy (non-hydrogen) atoms. The summed E-state index contributed by atoms with van der Waals surface area (Å²) in [6.07, 6.45) is 2.60. The Morgan fingerprint density at radius 1 is 1.29 bits per heavy atom. The monoisotopic (exact) mass is 306 g/mol. The summed E-state index contributed by atoms with van der Waals surface area (Å²) in [5.41, 5.74) is 0.618. The van der Waals surface area contributed by atoms with E-state index in [4.69, 9.17) is 5.11 Å². The molecule has 0 aliphatic carbocycles. The van der Waals surface area contributed by atoms with Gasteiger partial charge in [0.1, 0.15) is 4.88 Å². The molecule has 2 rings (SSSR count). The number of pyridine rings is 1. The van der Waals surface area contributed by atoms with Crippen molar-refractivity contribution in [1.82, 2.24) is 14.6 Å². The van der Waals surface area contributed by atoms with Crippen molar-refractivity contribution in [3.05, 3.63) is 34.6 Å². The number of rotatable bonds is 3. The van der Waals surface area contributed by atoms with Gasteiger partial charge in [0.05, 0.1) is 23.1 Å². The van der Waals surface area contributed by atoms with Crippen LogP contribution in [-0.4, -0.2) is 31.6 Å². The molecule has 0 saturated heterocycles. The topological polar surface area (TPSA) is 105 Å². The Morgan fingerprint density at radius 2 is 2.00 bits per heavy atom. The lowest BCUT2D eigenvalue weighted by Crippen LogP contribution is -2.20. The summed E-state index contributed by atoms with van der Waals surface area (Å²) < 4.78 is 3.82. The van der Waals surface area contributed by atoms with Gasteiger partial charge in [-0.1, -0.05) is 25.3 Å². The summed E-state index contributed by atoms with van der Waals surface area (Å²) in [5.74, 6) is -1.48. The second-order valence-electron chi connectivity index (χ2n) is 5.42. The number of hydrogen-bond acceptors (Lipinski definition) is 6. The van der Waals surface area contributed by atoms with E-state index in [0.29, 0.717) is 16.3 Å². The molecule has 8 heteroatoms. The van der Waals surface area contributed by atoms with Gasteiger partial charge in [0.15, 0.2) is 0 Å². The van der Waals surface area contributed by atoms with Gasteiger partial charge in [-0.3, -0.25) is 9.78 Å². The lowest BCUT2D eigenvalue weighted by atomic mass is 9.91. The molecule has 0 atom stereocenters.